The summed E-state index contributed by atoms with van der Waals surface area (Å²) in [5, 5.41) is 40.1. The molecule has 2 aliphatic heterocycles. The zero-order valence-corrected chi connectivity index (χ0v) is 20.5. The zero-order chi connectivity index (χ0) is 24.9. The summed E-state index contributed by atoms with van der Waals surface area (Å²) in [7, 11) is 0. The van der Waals surface area contributed by atoms with E-state index in [9.17, 15) is 30.0 Å². The van der Waals surface area contributed by atoms with Crippen molar-refractivity contribution in [2.75, 3.05) is 12.9 Å². The van der Waals surface area contributed by atoms with Crippen molar-refractivity contribution in [3.05, 3.63) is 23.3 Å². The molecule has 0 saturated carbocycles. The van der Waals surface area contributed by atoms with Crippen molar-refractivity contribution < 1.29 is 44.2 Å². The molecule has 188 valence electrons. The molecule has 1 saturated heterocycles. The van der Waals surface area contributed by atoms with Crippen LogP contribution in [0.3, 0.4) is 0 Å². The number of aliphatic hydroxyl groups is 4. The topological polar surface area (TPSA) is 143 Å². The molecule has 0 aromatic carbocycles. The second-order valence-corrected chi connectivity index (χ2v) is 9.66. The largest absolute Gasteiger partial charge is 0.457 e. The Morgan fingerprint density at radius 1 is 1.27 bits per heavy atom. The van der Waals surface area contributed by atoms with Crippen molar-refractivity contribution in [1.82, 2.24) is 0 Å². The van der Waals surface area contributed by atoms with Gasteiger partial charge in [-0.1, -0.05) is 19.1 Å². The van der Waals surface area contributed by atoms with Crippen LogP contribution in [0.4, 0.5) is 0 Å². The quantitative estimate of drug-likeness (QED) is 0.323. The molecule has 0 amide bonds. The molecule has 1 fully saturated rings. The number of thioether (sulfide) groups is 1. The number of hydrogen-bond acceptors (Lipinski definition) is 10. The number of rotatable bonds is 5. The fraction of sp³-hybridized carbons (Fsp3) is 0.739. The Morgan fingerprint density at radius 3 is 2.48 bits per heavy atom. The molecular formula is C23H36O9S. The maximum Gasteiger partial charge on any atom is 0.310 e. The van der Waals surface area contributed by atoms with E-state index in [1.807, 2.05) is 19.9 Å². The number of ether oxygens (including phenoxy) is 3. The van der Waals surface area contributed by atoms with Gasteiger partial charge in [-0.3, -0.25) is 9.59 Å². The Kier molecular flexibility index (Phi) is 10.5. The molecule has 2 rings (SSSR count). The second-order valence-electron chi connectivity index (χ2n) is 8.58. The van der Waals surface area contributed by atoms with E-state index in [0.717, 1.165) is 5.57 Å². The van der Waals surface area contributed by atoms with Gasteiger partial charge in [0.25, 0.3) is 0 Å². The predicted molar refractivity (Wildman–Crippen MR) is 122 cm³/mol. The normalized spacial score (nSPS) is 41.1. The molecule has 9 unspecified atom stereocenters. The summed E-state index contributed by atoms with van der Waals surface area (Å²) in [5.74, 6) is -1.51. The van der Waals surface area contributed by atoms with Crippen LogP contribution in [0, 0.1) is 5.92 Å². The fourth-order valence-corrected chi connectivity index (χ4v) is 4.68. The van der Waals surface area contributed by atoms with Crippen LogP contribution < -0.4 is 0 Å². The molecular weight excluding hydrogens is 452 g/mol. The lowest BCUT2D eigenvalue weighted by atomic mass is 9.94. The molecule has 33 heavy (non-hydrogen) atoms. The first-order chi connectivity index (χ1) is 15.5. The van der Waals surface area contributed by atoms with E-state index in [-0.39, 0.29) is 6.42 Å². The van der Waals surface area contributed by atoms with Gasteiger partial charge in [0, 0.05) is 18.1 Å². The molecule has 0 spiro atoms. The van der Waals surface area contributed by atoms with Crippen LogP contribution in [0.25, 0.3) is 0 Å². The highest BCUT2D eigenvalue weighted by atomic mass is 32.2. The monoisotopic (exact) mass is 488 g/mol. The highest BCUT2D eigenvalue weighted by Crippen LogP contribution is 2.30. The minimum absolute atomic E-state index is 0.0883. The third kappa shape index (κ3) is 6.66. The van der Waals surface area contributed by atoms with Crippen molar-refractivity contribution in [2.24, 2.45) is 5.92 Å². The molecule has 2 aliphatic rings. The highest BCUT2D eigenvalue weighted by molar-refractivity contribution is 7.99. The Bertz CT molecular complexity index is 752. The summed E-state index contributed by atoms with van der Waals surface area (Å²) in [6.07, 6.45) is -2.93. The first kappa shape index (κ1) is 28.0. The first-order valence-electron chi connectivity index (χ1n) is 11.1. The zero-order valence-electron chi connectivity index (χ0n) is 19.7. The number of Topliss-reactive ketones (excluding diaryl/α,β-unsaturated/α-hetero) is 1. The molecule has 0 aromatic heterocycles. The van der Waals surface area contributed by atoms with E-state index in [1.165, 1.54) is 11.8 Å². The van der Waals surface area contributed by atoms with Crippen molar-refractivity contribution in [2.45, 2.75) is 88.7 Å². The van der Waals surface area contributed by atoms with Gasteiger partial charge in [-0.05, 0) is 38.2 Å². The summed E-state index contributed by atoms with van der Waals surface area (Å²) < 4.78 is 16.9. The number of ketones is 1. The Labute approximate surface area is 198 Å². The van der Waals surface area contributed by atoms with Crippen LogP contribution in [0.5, 0.6) is 0 Å². The molecule has 9 atom stereocenters. The van der Waals surface area contributed by atoms with E-state index in [1.54, 1.807) is 26.2 Å². The lowest BCUT2D eigenvalue weighted by Crippen LogP contribution is -2.44. The molecule has 0 aromatic rings. The predicted octanol–water partition coefficient (Wildman–Crippen LogP) is 0.726. The van der Waals surface area contributed by atoms with Gasteiger partial charge in [0.05, 0.1) is 12.5 Å². The third-order valence-corrected chi connectivity index (χ3v) is 7.54. The summed E-state index contributed by atoms with van der Waals surface area (Å²) >= 11 is 1.34. The van der Waals surface area contributed by atoms with Gasteiger partial charge in [-0.25, -0.2) is 0 Å². The minimum Gasteiger partial charge on any atom is -0.457 e. The van der Waals surface area contributed by atoms with E-state index < -0.39 is 72.4 Å². The van der Waals surface area contributed by atoms with Crippen molar-refractivity contribution in [1.29, 1.82) is 0 Å². The average Bonchev–Trinajstić information content (AvgIpc) is 3.08. The number of cyclic esters (lactones) is 1. The van der Waals surface area contributed by atoms with Gasteiger partial charge in [-0.15, -0.1) is 0 Å². The molecule has 0 bridgehead atoms. The Morgan fingerprint density at radius 2 is 1.94 bits per heavy atom. The van der Waals surface area contributed by atoms with Gasteiger partial charge in [0.1, 0.15) is 36.6 Å². The van der Waals surface area contributed by atoms with Crippen LogP contribution in [-0.4, -0.2) is 93.2 Å². The Hall–Kier alpha value is -1.27. The standard InChI is InChI=1S/C23H36O9S/c1-6-11(2)15-8-7-12(3)21(32-23-20(28)19(27)16(10-24)31-23)18(26)14(25)9-17(33-5)13(4)22(29)30-15/h6-7,13,15-21,23-24,26-28H,8-10H2,1-5H3/b11-6-,12-7+. The highest BCUT2D eigenvalue weighted by Gasteiger charge is 2.46. The minimum atomic E-state index is -1.58. The van der Waals surface area contributed by atoms with Gasteiger partial charge in [-0.2, -0.15) is 11.8 Å². The van der Waals surface area contributed by atoms with E-state index in [4.69, 9.17) is 14.2 Å². The molecule has 2 heterocycles. The van der Waals surface area contributed by atoms with Crippen LogP contribution in [0.2, 0.25) is 0 Å². The fourth-order valence-electron chi connectivity index (χ4n) is 3.83. The first-order valence-corrected chi connectivity index (χ1v) is 12.4. The molecule has 9 nitrogen and oxygen atoms in total. The van der Waals surface area contributed by atoms with Crippen LogP contribution in [0.1, 0.15) is 40.5 Å². The van der Waals surface area contributed by atoms with Crippen LogP contribution >= 0.6 is 11.8 Å². The number of hydrogen-bond donors (Lipinski definition) is 4. The average molecular weight is 489 g/mol. The smallest absolute Gasteiger partial charge is 0.310 e. The maximum atomic E-state index is 12.9. The van der Waals surface area contributed by atoms with Gasteiger partial charge < -0.3 is 34.6 Å². The molecule has 0 aliphatic carbocycles. The van der Waals surface area contributed by atoms with Crippen molar-refractivity contribution >= 4 is 23.5 Å². The van der Waals surface area contributed by atoms with E-state index >= 15 is 0 Å². The summed E-state index contributed by atoms with van der Waals surface area (Å²) in [6, 6.07) is 0. The van der Waals surface area contributed by atoms with Crippen LogP contribution in [0.15, 0.2) is 23.3 Å². The van der Waals surface area contributed by atoms with E-state index in [2.05, 4.69) is 0 Å². The summed E-state index contributed by atoms with van der Waals surface area (Å²) in [6.45, 7) is 6.54. The number of allylic oxidation sites excluding steroid dienone is 1. The van der Waals surface area contributed by atoms with Crippen LogP contribution in [-0.2, 0) is 23.8 Å². The lowest BCUT2D eigenvalue weighted by molar-refractivity contribution is -0.202. The van der Waals surface area contributed by atoms with E-state index in [0.29, 0.717) is 12.0 Å². The number of carbonyl (C=O) groups is 2. The van der Waals surface area contributed by atoms with Gasteiger partial charge in [0.2, 0.25) is 0 Å². The lowest BCUT2D eigenvalue weighted by Gasteiger charge is -2.30. The van der Waals surface area contributed by atoms with Gasteiger partial charge >= 0.3 is 5.97 Å². The third-order valence-electron chi connectivity index (χ3n) is 6.35. The number of carbonyl (C=O) groups excluding carboxylic acids is 2. The van der Waals surface area contributed by atoms with Crippen molar-refractivity contribution in [3.8, 4) is 0 Å². The number of esters is 1. The molecule has 10 heteroatoms. The summed E-state index contributed by atoms with van der Waals surface area (Å²) in [5.41, 5.74) is 1.34. The second kappa shape index (κ2) is 12.4. The molecule has 0 radical (unpaired) electrons. The number of aliphatic hydroxyl groups excluding tert-OH is 4. The molecule has 4 N–H and O–H groups in total. The Balaban J connectivity index is 2.40. The summed E-state index contributed by atoms with van der Waals surface area (Å²) in [4.78, 5) is 25.7. The van der Waals surface area contributed by atoms with Crippen molar-refractivity contribution in [3.63, 3.8) is 0 Å². The van der Waals surface area contributed by atoms with Gasteiger partial charge in [0.15, 0.2) is 12.1 Å². The SMILES string of the molecule is C/C=C(/C)C1C/C=C(\C)C(OC2OC(CO)C(O)C2O)C(O)C(=O)CC(SC)C(C)C(=O)O1. The maximum absolute atomic E-state index is 12.9.